The summed E-state index contributed by atoms with van der Waals surface area (Å²) in [5.74, 6) is 0.566. The van der Waals surface area contributed by atoms with Crippen molar-refractivity contribution in [1.29, 1.82) is 0 Å². The lowest BCUT2D eigenvalue weighted by molar-refractivity contribution is 0.556. The largest absolute Gasteiger partial charge is 0.465 e. The Labute approximate surface area is 121 Å². The van der Waals surface area contributed by atoms with E-state index in [0.717, 1.165) is 4.40 Å². The number of furan rings is 1. The van der Waals surface area contributed by atoms with Crippen molar-refractivity contribution in [2.75, 3.05) is 0 Å². The summed E-state index contributed by atoms with van der Waals surface area (Å²) in [4.78, 5) is 29.6. The Morgan fingerprint density at radius 2 is 1.95 bits per heavy atom. The Bertz CT molecular complexity index is 1120. The van der Waals surface area contributed by atoms with Crippen LogP contribution < -0.4 is 15.7 Å². The van der Waals surface area contributed by atoms with Crippen molar-refractivity contribution in [2.24, 2.45) is 0 Å². The van der Waals surface area contributed by atoms with Crippen LogP contribution in [0.15, 0.2) is 56.7 Å². The lowest BCUT2D eigenvalue weighted by atomic mass is 10.2. The van der Waals surface area contributed by atoms with Crippen LogP contribution >= 0.6 is 11.3 Å². The van der Waals surface area contributed by atoms with Gasteiger partial charge in [0.15, 0.2) is 0 Å². The molecule has 0 fully saturated rings. The van der Waals surface area contributed by atoms with Crippen LogP contribution in [0.5, 0.6) is 0 Å². The van der Waals surface area contributed by atoms with Gasteiger partial charge < -0.3 is 4.42 Å². The topological polar surface area (TPSA) is 64.6 Å². The Balaban J connectivity index is 2.16. The highest BCUT2D eigenvalue weighted by Gasteiger charge is 2.11. The molecule has 102 valence electrons. The van der Waals surface area contributed by atoms with Crippen LogP contribution in [0.25, 0.3) is 21.9 Å². The minimum atomic E-state index is -0.366. The highest BCUT2D eigenvalue weighted by Crippen LogP contribution is 2.09. The fraction of sp³-hybridized carbons (Fsp3) is 0. The predicted molar refractivity (Wildman–Crippen MR) is 80.6 cm³/mol. The van der Waals surface area contributed by atoms with E-state index in [2.05, 4.69) is 4.98 Å². The molecule has 0 N–H and O–H groups in total. The molecule has 4 aromatic rings. The van der Waals surface area contributed by atoms with E-state index in [1.807, 2.05) is 6.07 Å². The summed E-state index contributed by atoms with van der Waals surface area (Å²) in [5, 5.41) is 0.439. The lowest BCUT2D eigenvalue weighted by Crippen LogP contribution is -2.30. The fourth-order valence-electron chi connectivity index (χ4n) is 2.21. The molecule has 0 saturated carbocycles. The molecule has 6 heteroatoms. The maximum Gasteiger partial charge on any atom is 0.277 e. The Hall–Kier alpha value is -2.73. The monoisotopic (exact) mass is 296 g/mol. The number of fused-ring (bicyclic) bond motifs is 2. The molecule has 0 spiro atoms. The molecule has 0 aliphatic rings. The molecule has 0 aliphatic heterocycles. The van der Waals surface area contributed by atoms with E-state index in [1.165, 1.54) is 17.6 Å². The lowest BCUT2D eigenvalue weighted by Gasteiger charge is -1.95. The van der Waals surface area contributed by atoms with Crippen molar-refractivity contribution in [3.05, 3.63) is 73.7 Å². The highest BCUT2D eigenvalue weighted by molar-refractivity contribution is 7.15. The van der Waals surface area contributed by atoms with Crippen LogP contribution in [0.1, 0.15) is 5.76 Å². The third kappa shape index (κ3) is 1.80. The van der Waals surface area contributed by atoms with E-state index >= 15 is 0 Å². The van der Waals surface area contributed by atoms with Gasteiger partial charge in [0, 0.05) is 6.08 Å². The van der Waals surface area contributed by atoms with Crippen LogP contribution in [0, 0.1) is 0 Å². The summed E-state index contributed by atoms with van der Waals surface area (Å²) in [7, 11) is 0. The summed E-state index contributed by atoms with van der Waals surface area (Å²) >= 11 is 1.17. The SMILES string of the molecule is O=c1/c(=C\c2ccco2)sc2nc3ccccc3c(=O)n12. The van der Waals surface area contributed by atoms with Gasteiger partial charge in [-0.3, -0.25) is 9.59 Å². The van der Waals surface area contributed by atoms with E-state index < -0.39 is 0 Å². The van der Waals surface area contributed by atoms with Crippen LogP contribution in [-0.2, 0) is 0 Å². The van der Waals surface area contributed by atoms with Gasteiger partial charge in [-0.2, -0.15) is 0 Å². The molecule has 0 aliphatic carbocycles. The van der Waals surface area contributed by atoms with Crippen molar-refractivity contribution in [1.82, 2.24) is 9.38 Å². The maximum atomic E-state index is 12.4. The Morgan fingerprint density at radius 3 is 2.76 bits per heavy atom. The van der Waals surface area contributed by atoms with E-state index in [0.29, 0.717) is 26.2 Å². The molecule has 5 nitrogen and oxygen atoms in total. The molecule has 21 heavy (non-hydrogen) atoms. The zero-order valence-electron chi connectivity index (χ0n) is 10.6. The molecule has 1 aromatic carbocycles. The van der Waals surface area contributed by atoms with Crippen LogP contribution in [0.3, 0.4) is 0 Å². The maximum absolute atomic E-state index is 12.4. The molecule has 0 saturated heterocycles. The fourth-order valence-corrected chi connectivity index (χ4v) is 3.16. The van der Waals surface area contributed by atoms with Crippen molar-refractivity contribution in [3.63, 3.8) is 0 Å². The molecule has 0 radical (unpaired) electrons. The normalized spacial score (nSPS) is 12.5. The van der Waals surface area contributed by atoms with Gasteiger partial charge in [-0.15, -0.1) is 0 Å². The van der Waals surface area contributed by atoms with Crippen molar-refractivity contribution >= 4 is 33.3 Å². The summed E-state index contributed by atoms with van der Waals surface area (Å²) in [5.41, 5.74) is -0.112. The first-order chi connectivity index (χ1) is 10.2. The second kappa shape index (κ2) is 4.39. The Morgan fingerprint density at radius 1 is 1.10 bits per heavy atom. The van der Waals surface area contributed by atoms with E-state index in [-0.39, 0.29) is 11.1 Å². The minimum absolute atomic E-state index is 0.337. The molecule has 3 aromatic heterocycles. The van der Waals surface area contributed by atoms with Crippen LogP contribution in [-0.4, -0.2) is 9.38 Å². The predicted octanol–water partition coefficient (Wildman–Crippen LogP) is 1.41. The van der Waals surface area contributed by atoms with Gasteiger partial charge in [-0.1, -0.05) is 23.5 Å². The molecule has 0 amide bonds. The number of para-hydroxylation sites is 1. The summed E-state index contributed by atoms with van der Waals surface area (Å²) < 4.78 is 6.73. The van der Waals surface area contributed by atoms with Gasteiger partial charge in [-0.25, -0.2) is 9.38 Å². The summed E-state index contributed by atoms with van der Waals surface area (Å²) in [6.07, 6.45) is 3.15. The first-order valence-corrected chi connectivity index (χ1v) is 7.05. The number of rotatable bonds is 1. The molecule has 0 atom stereocenters. The average Bonchev–Trinajstić information content (AvgIpc) is 3.09. The zero-order chi connectivity index (χ0) is 14.4. The zero-order valence-corrected chi connectivity index (χ0v) is 11.5. The van der Waals surface area contributed by atoms with Crippen molar-refractivity contribution < 1.29 is 4.42 Å². The van der Waals surface area contributed by atoms with E-state index in [9.17, 15) is 9.59 Å². The van der Waals surface area contributed by atoms with Gasteiger partial charge in [0.2, 0.25) is 4.96 Å². The van der Waals surface area contributed by atoms with Gasteiger partial charge in [0.05, 0.1) is 17.2 Å². The van der Waals surface area contributed by atoms with Crippen molar-refractivity contribution in [3.8, 4) is 0 Å². The van der Waals surface area contributed by atoms with E-state index in [1.54, 1.807) is 36.4 Å². The average molecular weight is 296 g/mol. The smallest absolute Gasteiger partial charge is 0.277 e. The number of benzene rings is 1. The summed E-state index contributed by atoms with van der Waals surface area (Å²) in [6.45, 7) is 0. The van der Waals surface area contributed by atoms with Crippen LogP contribution in [0.4, 0.5) is 0 Å². The second-order valence-corrected chi connectivity index (χ2v) is 5.49. The number of nitrogens with zero attached hydrogens (tertiary/aromatic N) is 2. The second-order valence-electron chi connectivity index (χ2n) is 4.48. The number of hydrogen-bond acceptors (Lipinski definition) is 5. The van der Waals surface area contributed by atoms with Gasteiger partial charge in [0.1, 0.15) is 10.3 Å². The third-order valence-electron chi connectivity index (χ3n) is 3.18. The summed E-state index contributed by atoms with van der Waals surface area (Å²) in [6, 6.07) is 10.5. The van der Waals surface area contributed by atoms with Gasteiger partial charge in [0.25, 0.3) is 11.1 Å². The molecule has 0 bridgehead atoms. The number of thiazole rings is 1. The molecular weight excluding hydrogens is 288 g/mol. The molecule has 4 rings (SSSR count). The number of hydrogen-bond donors (Lipinski definition) is 0. The van der Waals surface area contributed by atoms with Gasteiger partial charge >= 0.3 is 0 Å². The highest BCUT2D eigenvalue weighted by atomic mass is 32.1. The van der Waals surface area contributed by atoms with Crippen LogP contribution in [0.2, 0.25) is 0 Å². The standard InChI is InChI=1S/C15H8N2O3S/c18-13-10-5-1-2-6-11(10)16-15-17(13)14(19)12(21-15)8-9-4-3-7-20-9/h1-8H/b12-8+. The quantitative estimate of drug-likeness (QED) is 0.533. The third-order valence-corrected chi connectivity index (χ3v) is 4.15. The first-order valence-electron chi connectivity index (χ1n) is 6.23. The minimum Gasteiger partial charge on any atom is -0.465 e. The molecule has 3 heterocycles. The number of aromatic nitrogens is 2. The Kier molecular flexibility index (Phi) is 2.52. The van der Waals surface area contributed by atoms with Crippen molar-refractivity contribution in [2.45, 2.75) is 0 Å². The van der Waals surface area contributed by atoms with E-state index in [4.69, 9.17) is 4.42 Å². The molecule has 0 unspecified atom stereocenters. The van der Waals surface area contributed by atoms with Gasteiger partial charge in [-0.05, 0) is 24.3 Å². The first kappa shape index (κ1) is 12.0. The molecular formula is C15H8N2O3S.